The molecule has 148 valence electrons. The molecule has 1 atom stereocenters. The number of halogens is 1. The Morgan fingerprint density at radius 3 is 2.54 bits per heavy atom. The van der Waals surface area contributed by atoms with Gasteiger partial charge in [-0.15, -0.1) is 0 Å². The van der Waals surface area contributed by atoms with Crippen LogP contribution in [-0.4, -0.2) is 51.8 Å². The summed E-state index contributed by atoms with van der Waals surface area (Å²) in [6, 6.07) is 14.4. The van der Waals surface area contributed by atoms with Crippen LogP contribution in [0.2, 0.25) is 5.02 Å². The monoisotopic (exact) mass is 402 g/mol. The van der Waals surface area contributed by atoms with Crippen molar-refractivity contribution in [2.24, 2.45) is 10.9 Å². The lowest BCUT2D eigenvalue weighted by atomic mass is 10.2. The molecule has 2 aromatic rings. The molecule has 0 aliphatic carbocycles. The maximum absolute atomic E-state index is 11.2. The van der Waals surface area contributed by atoms with Gasteiger partial charge in [-0.25, -0.2) is 4.99 Å². The number of phenols is 1. The number of aliphatic imine (C=N–C) groups is 1. The van der Waals surface area contributed by atoms with Crippen LogP contribution in [0.25, 0.3) is 0 Å². The quantitative estimate of drug-likeness (QED) is 0.643. The lowest BCUT2D eigenvalue weighted by Crippen LogP contribution is -2.49. The fourth-order valence-electron chi connectivity index (χ4n) is 2.93. The molecule has 0 bridgehead atoms. The van der Waals surface area contributed by atoms with Gasteiger partial charge in [0.1, 0.15) is 5.75 Å². The van der Waals surface area contributed by atoms with E-state index in [-0.39, 0.29) is 5.75 Å². The highest BCUT2D eigenvalue weighted by Crippen LogP contribution is 2.18. The van der Waals surface area contributed by atoms with Crippen molar-refractivity contribution in [3.05, 3.63) is 59.1 Å². The van der Waals surface area contributed by atoms with E-state index < -0.39 is 11.9 Å². The highest BCUT2D eigenvalue weighted by Gasteiger charge is 2.24. The standard InChI is InChI=1S/C20H23ClN4O3/c1-14(19(27)28)10-24-12-22-20(23-17-6-8-18(26)9-7-17)25(13-24)11-15-2-4-16(21)5-3-15/h2-9,14,26H,10-13H2,1H3,(H,22,23)(H,27,28)/t14-/m0/s1. The number of aliphatic carboxylic acids is 1. The Kier molecular flexibility index (Phi) is 6.38. The molecule has 1 heterocycles. The molecule has 0 amide bonds. The predicted octanol–water partition coefficient (Wildman–Crippen LogP) is 3.27. The van der Waals surface area contributed by atoms with Crippen molar-refractivity contribution in [2.75, 3.05) is 25.2 Å². The third-order valence-electron chi connectivity index (χ3n) is 4.45. The molecule has 1 aliphatic heterocycles. The number of carboxylic acids is 1. The zero-order valence-corrected chi connectivity index (χ0v) is 16.3. The van der Waals surface area contributed by atoms with Crippen LogP contribution >= 0.6 is 11.6 Å². The van der Waals surface area contributed by atoms with Crippen molar-refractivity contribution in [2.45, 2.75) is 13.5 Å². The minimum atomic E-state index is -0.818. The number of phenolic OH excluding ortho intramolecular Hbond substituents is 1. The minimum Gasteiger partial charge on any atom is -0.508 e. The largest absolute Gasteiger partial charge is 0.508 e. The Bertz CT molecular complexity index is 840. The molecule has 0 saturated carbocycles. The average Bonchev–Trinajstić information content (AvgIpc) is 2.67. The summed E-state index contributed by atoms with van der Waals surface area (Å²) in [6.45, 7) is 3.67. The van der Waals surface area contributed by atoms with Crippen LogP contribution in [0, 0.1) is 5.92 Å². The minimum absolute atomic E-state index is 0.197. The maximum atomic E-state index is 11.2. The van der Waals surface area contributed by atoms with Crippen LogP contribution in [0.3, 0.4) is 0 Å². The van der Waals surface area contributed by atoms with Gasteiger partial charge in [0.15, 0.2) is 0 Å². The van der Waals surface area contributed by atoms with E-state index in [9.17, 15) is 15.0 Å². The first-order valence-corrected chi connectivity index (χ1v) is 9.33. The van der Waals surface area contributed by atoms with Gasteiger partial charge in [0, 0.05) is 23.8 Å². The third-order valence-corrected chi connectivity index (χ3v) is 4.71. The molecule has 0 saturated heterocycles. The Labute approximate surface area is 168 Å². The first kappa shape index (κ1) is 20.0. The van der Waals surface area contributed by atoms with E-state index in [4.69, 9.17) is 11.6 Å². The molecular weight excluding hydrogens is 380 g/mol. The van der Waals surface area contributed by atoms with Crippen LogP contribution in [0.4, 0.5) is 5.69 Å². The summed E-state index contributed by atoms with van der Waals surface area (Å²) in [6.07, 6.45) is 0. The SMILES string of the molecule is C[C@@H](CN1CN=C(Nc2ccc(O)cc2)N(Cc2ccc(Cl)cc2)C1)C(=O)O. The molecule has 1 aliphatic rings. The first-order chi connectivity index (χ1) is 13.4. The van der Waals surface area contributed by atoms with E-state index in [0.29, 0.717) is 37.4 Å². The highest BCUT2D eigenvalue weighted by atomic mass is 35.5. The second kappa shape index (κ2) is 8.95. The van der Waals surface area contributed by atoms with Crippen molar-refractivity contribution in [1.29, 1.82) is 0 Å². The summed E-state index contributed by atoms with van der Waals surface area (Å²) < 4.78 is 0. The number of nitrogens with zero attached hydrogens (tertiary/aromatic N) is 3. The summed E-state index contributed by atoms with van der Waals surface area (Å²) in [5.74, 6) is -0.400. The topological polar surface area (TPSA) is 88.4 Å². The highest BCUT2D eigenvalue weighted by molar-refractivity contribution is 6.30. The second-order valence-electron chi connectivity index (χ2n) is 6.85. The average molecular weight is 403 g/mol. The van der Waals surface area contributed by atoms with Crippen molar-refractivity contribution in [3.8, 4) is 5.75 Å². The summed E-state index contributed by atoms with van der Waals surface area (Å²) >= 11 is 5.98. The van der Waals surface area contributed by atoms with Crippen LogP contribution in [0.15, 0.2) is 53.5 Å². The number of guanidine groups is 1. The van der Waals surface area contributed by atoms with Crippen LogP contribution in [0.5, 0.6) is 5.75 Å². The molecule has 3 rings (SSSR count). The van der Waals surface area contributed by atoms with E-state index in [1.807, 2.05) is 34.1 Å². The Hall–Kier alpha value is -2.77. The van der Waals surface area contributed by atoms with Crippen molar-refractivity contribution in [1.82, 2.24) is 9.80 Å². The van der Waals surface area contributed by atoms with Gasteiger partial charge in [-0.05, 0) is 42.0 Å². The zero-order chi connectivity index (χ0) is 20.1. The van der Waals surface area contributed by atoms with Crippen molar-refractivity contribution < 1.29 is 15.0 Å². The van der Waals surface area contributed by atoms with Crippen molar-refractivity contribution >= 4 is 29.2 Å². The smallest absolute Gasteiger partial charge is 0.307 e. The summed E-state index contributed by atoms with van der Waals surface area (Å²) in [7, 11) is 0. The fourth-order valence-corrected chi connectivity index (χ4v) is 3.05. The Balaban J connectivity index is 1.77. The molecule has 7 nitrogen and oxygen atoms in total. The molecular formula is C20H23ClN4O3. The number of carbonyl (C=O) groups is 1. The summed E-state index contributed by atoms with van der Waals surface area (Å²) in [4.78, 5) is 19.8. The summed E-state index contributed by atoms with van der Waals surface area (Å²) in [5.41, 5.74) is 1.88. The van der Waals surface area contributed by atoms with Gasteiger partial charge in [-0.3, -0.25) is 9.69 Å². The number of rotatable bonds is 6. The second-order valence-corrected chi connectivity index (χ2v) is 7.29. The lowest BCUT2D eigenvalue weighted by Gasteiger charge is -2.37. The van der Waals surface area contributed by atoms with Gasteiger partial charge in [-0.1, -0.05) is 30.7 Å². The molecule has 8 heteroatoms. The van der Waals surface area contributed by atoms with Gasteiger partial charge < -0.3 is 20.4 Å². The van der Waals surface area contributed by atoms with E-state index in [2.05, 4.69) is 10.3 Å². The number of carboxylic acid groups (broad SMARTS) is 1. The molecule has 2 aromatic carbocycles. The van der Waals surface area contributed by atoms with Gasteiger partial charge >= 0.3 is 5.97 Å². The molecule has 0 aromatic heterocycles. The molecule has 0 fully saturated rings. The first-order valence-electron chi connectivity index (χ1n) is 8.96. The van der Waals surface area contributed by atoms with Gasteiger partial charge in [-0.2, -0.15) is 0 Å². The predicted molar refractivity (Wildman–Crippen MR) is 109 cm³/mol. The lowest BCUT2D eigenvalue weighted by molar-refractivity contribution is -0.141. The Morgan fingerprint density at radius 1 is 1.21 bits per heavy atom. The molecule has 0 spiro atoms. The number of hydrogen-bond acceptors (Lipinski definition) is 6. The zero-order valence-electron chi connectivity index (χ0n) is 15.5. The van der Waals surface area contributed by atoms with E-state index >= 15 is 0 Å². The van der Waals surface area contributed by atoms with Gasteiger partial charge in [0.05, 0.1) is 19.3 Å². The maximum Gasteiger partial charge on any atom is 0.307 e. The van der Waals surface area contributed by atoms with Crippen LogP contribution in [0.1, 0.15) is 12.5 Å². The Morgan fingerprint density at radius 2 is 1.89 bits per heavy atom. The van der Waals surface area contributed by atoms with E-state index in [1.165, 1.54) is 0 Å². The third kappa shape index (κ3) is 5.37. The van der Waals surface area contributed by atoms with Gasteiger partial charge in [0.2, 0.25) is 5.96 Å². The van der Waals surface area contributed by atoms with Crippen LogP contribution < -0.4 is 5.32 Å². The molecule has 0 unspecified atom stereocenters. The normalized spacial score (nSPS) is 15.8. The van der Waals surface area contributed by atoms with Crippen molar-refractivity contribution in [3.63, 3.8) is 0 Å². The number of aromatic hydroxyl groups is 1. The number of nitrogens with one attached hydrogen (secondary N) is 1. The molecule has 0 radical (unpaired) electrons. The number of benzene rings is 2. The van der Waals surface area contributed by atoms with E-state index in [0.717, 1.165) is 11.3 Å². The molecule has 28 heavy (non-hydrogen) atoms. The summed E-state index contributed by atoms with van der Waals surface area (Å²) in [5, 5.41) is 22.6. The fraction of sp³-hybridized carbons (Fsp3) is 0.300. The van der Waals surface area contributed by atoms with Gasteiger partial charge in [0.25, 0.3) is 0 Å². The molecule has 3 N–H and O–H groups in total. The van der Waals surface area contributed by atoms with E-state index in [1.54, 1.807) is 31.2 Å². The van der Waals surface area contributed by atoms with Crippen LogP contribution in [-0.2, 0) is 11.3 Å². The number of hydrogen-bond donors (Lipinski definition) is 3. The number of anilines is 1.